The molecule has 0 saturated heterocycles. The van der Waals surface area contributed by atoms with Gasteiger partial charge in [-0.1, -0.05) is 23.9 Å². The second-order valence-corrected chi connectivity index (χ2v) is 7.56. The van der Waals surface area contributed by atoms with Crippen molar-refractivity contribution in [3.63, 3.8) is 0 Å². The number of H-pyrrole nitrogens is 1. The zero-order valence-corrected chi connectivity index (χ0v) is 17.4. The van der Waals surface area contributed by atoms with Gasteiger partial charge in [0, 0.05) is 17.6 Å². The van der Waals surface area contributed by atoms with Crippen LogP contribution in [0.4, 0.5) is 5.69 Å². The van der Waals surface area contributed by atoms with Crippen LogP contribution in [0.1, 0.15) is 24.2 Å². The van der Waals surface area contributed by atoms with Gasteiger partial charge in [-0.3, -0.25) is 14.6 Å². The number of aromatic amines is 1. The molecule has 29 heavy (non-hydrogen) atoms. The highest BCUT2D eigenvalue weighted by Crippen LogP contribution is 2.37. The third-order valence-corrected chi connectivity index (χ3v) is 5.58. The van der Waals surface area contributed by atoms with Crippen molar-refractivity contribution < 1.29 is 14.2 Å². The van der Waals surface area contributed by atoms with E-state index in [2.05, 4.69) is 10.1 Å². The normalized spacial score (nSPS) is 14.9. The van der Waals surface area contributed by atoms with Crippen LogP contribution in [0.15, 0.2) is 52.4 Å². The minimum Gasteiger partial charge on any atom is -0.496 e. The molecule has 1 N–H and O–H groups in total. The molecule has 1 amide bonds. The molecule has 1 aliphatic heterocycles. The summed E-state index contributed by atoms with van der Waals surface area (Å²) in [5.74, 6) is 0.620. The average Bonchev–Trinajstić information content (AvgIpc) is 2.71. The van der Waals surface area contributed by atoms with Crippen molar-refractivity contribution in [1.29, 1.82) is 0 Å². The number of methoxy groups -OCH3 is 1. The molecule has 2 aromatic carbocycles. The zero-order chi connectivity index (χ0) is 20.7. The molecule has 0 aliphatic carbocycles. The number of para-hydroxylation sites is 1. The van der Waals surface area contributed by atoms with E-state index in [1.165, 1.54) is 18.7 Å². The number of nitrogens with zero attached hydrogens (tertiary/aromatic N) is 3. The lowest BCUT2D eigenvalue weighted by atomic mass is 10.0. The summed E-state index contributed by atoms with van der Waals surface area (Å²) in [5, 5.41) is 5.14. The van der Waals surface area contributed by atoms with Crippen LogP contribution in [0.5, 0.6) is 5.75 Å². The first-order valence-electron chi connectivity index (χ1n) is 9.10. The summed E-state index contributed by atoms with van der Waals surface area (Å²) in [6, 6.07) is 13.1. The quantitative estimate of drug-likeness (QED) is 0.532. The molecule has 1 aromatic heterocycles. The fraction of sp³-hybridized carbons (Fsp3) is 0.238. The molecule has 0 saturated carbocycles. The van der Waals surface area contributed by atoms with Crippen molar-refractivity contribution in [2.24, 2.45) is 0 Å². The van der Waals surface area contributed by atoms with Gasteiger partial charge in [-0.05, 0) is 53.8 Å². The number of nitrogens with one attached hydrogen (secondary N) is 1. The molecule has 1 atom stereocenters. The number of aryl methyl sites for hydroxylation is 1. The number of hydrogen-bond acceptors (Lipinski definition) is 5. The molecule has 8 heteroatoms. The van der Waals surface area contributed by atoms with Crippen LogP contribution in [-0.4, -0.2) is 29.4 Å². The van der Waals surface area contributed by atoms with Crippen LogP contribution in [0.2, 0.25) is 0 Å². The fourth-order valence-electron chi connectivity index (χ4n) is 3.77. The van der Waals surface area contributed by atoms with E-state index in [4.69, 9.17) is 4.74 Å². The predicted octanol–water partition coefficient (Wildman–Crippen LogP) is 2.68. The van der Waals surface area contributed by atoms with E-state index in [1.807, 2.05) is 55.6 Å². The smallest absolute Gasteiger partial charge is 0.325 e. The Bertz CT molecular complexity index is 1170. The number of carbonyl (C=O) groups excluding carboxylic acids is 1. The lowest BCUT2D eigenvalue weighted by molar-refractivity contribution is -0.763. The van der Waals surface area contributed by atoms with Gasteiger partial charge in [-0.15, -0.1) is 0 Å². The molecule has 2 heterocycles. The van der Waals surface area contributed by atoms with Crippen LogP contribution in [0.25, 0.3) is 11.3 Å². The van der Waals surface area contributed by atoms with E-state index in [0.29, 0.717) is 22.1 Å². The predicted molar refractivity (Wildman–Crippen MR) is 111 cm³/mol. The van der Waals surface area contributed by atoms with E-state index in [0.717, 1.165) is 16.9 Å². The summed E-state index contributed by atoms with van der Waals surface area (Å²) < 4.78 is 7.03. The molecule has 4 rings (SSSR count). The number of hydrogen-bond donors (Lipinski definition) is 1. The van der Waals surface area contributed by atoms with E-state index in [-0.39, 0.29) is 11.5 Å². The first kappa shape index (κ1) is 19.2. The third kappa shape index (κ3) is 3.09. The first-order chi connectivity index (χ1) is 14.0. The SMILES string of the molecule is COc1ccc([C@H]2N(C(C)=O)c3ccccc3-c3c(=O)[nH]c(SC)n[n+]32)cc1C. The molecular formula is C21H21N4O3S+. The molecular weight excluding hydrogens is 388 g/mol. The van der Waals surface area contributed by atoms with Crippen LogP contribution < -0.4 is 19.9 Å². The summed E-state index contributed by atoms with van der Waals surface area (Å²) in [7, 11) is 1.62. The number of ether oxygens (including phenoxy) is 1. The standard InChI is InChI=1S/C21H20N4O3S/c1-12-11-14(9-10-17(12)28-3)20-24(13(2)26)16-8-6-5-7-15(16)18-19(27)22-21(29-4)23-25(18)20/h5-11,20H,1-4H3/p+1/t20-/m0/s1. The van der Waals surface area contributed by atoms with Crippen molar-refractivity contribution in [2.75, 3.05) is 18.3 Å². The van der Waals surface area contributed by atoms with E-state index in [1.54, 1.807) is 16.7 Å². The Balaban J connectivity index is 2.06. The molecule has 0 radical (unpaired) electrons. The monoisotopic (exact) mass is 409 g/mol. The van der Waals surface area contributed by atoms with Gasteiger partial charge in [0.05, 0.1) is 18.4 Å². The van der Waals surface area contributed by atoms with Crippen LogP contribution in [-0.2, 0) is 4.79 Å². The molecule has 7 nitrogen and oxygen atoms in total. The van der Waals surface area contributed by atoms with Crippen molar-refractivity contribution in [1.82, 2.24) is 10.1 Å². The largest absolute Gasteiger partial charge is 0.496 e. The molecule has 0 spiro atoms. The fourth-order valence-corrected chi connectivity index (χ4v) is 4.13. The third-order valence-electron chi connectivity index (χ3n) is 5.01. The molecule has 0 fully saturated rings. The Morgan fingerprint density at radius 1 is 1.28 bits per heavy atom. The topological polar surface area (TPSA) is 79.2 Å². The Morgan fingerprint density at radius 2 is 2.03 bits per heavy atom. The Morgan fingerprint density at radius 3 is 2.69 bits per heavy atom. The molecule has 3 aromatic rings. The maximum atomic E-state index is 13.0. The average molecular weight is 409 g/mol. The summed E-state index contributed by atoms with van der Waals surface area (Å²) in [6.45, 7) is 3.47. The van der Waals surface area contributed by atoms with Gasteiger partial charge < -0.3 is 4.74 Å². The van der Waals surface area contributed by atoms with Crippen molar-refractivity contribution in [2.45, 2.75) is 25.2 Å². The second-order valence-electron chi connectivity index (χ2n) is 6.77. The zero-order valence-electron chi connectivity index (χ0n) is 16.6. The van der Waals surface area contributed by atoms with Gasteiger partial charge in [0.2, 0.25) is 11.1 Å². The summed E-state index contributed by atoms with van der Waals surface area (Å²) >= 11 is 1.34. The molecule has 1 aliphatic rings. The molecule has 0 unspecified atom stereocenters. The van der Waals surface area contributed by atoms with Crippen LogP contribution in [0, 0.1) is 6.92 Å². The number of rotatable bonds is 3. The number of amides is 1. The minimum absolute atomic E-state index is 0.137. The van der Waals surface area contributed by atoms with E-state index < -0.39 is 6.17 Å². The Labute approximate surface area is 172 Å². The van der Waals surface area contributed by atoms with Gasteiger partial charge in [0.15, 0.2) is 0 Å². The van der Waals surface area contributed by atoms with Gasteiger partial charge in [0.1, 0.15) is 5.75 Å². The number of anilines is 1. The summed E-state index contributed by atoms with van der Waals surface area (Å²) in [4.78, 5) is 30.2. The lowest BCUT2D eigenvalue weighted by Crippen LogP contribution is -2.60. The van der Waals surface area contributed by atoms with Crippen LogP contribution >= 0.6 is 11.8 Å². The van der Waals surface area contributed by atoms with Gasteiger partial charge in [-0.25, -0.2) is 4.90 Å². The maximum Gasteiger partial charge on any atom is 0.325 e. The highest BCUT2D eigenvalue weighted by atomic mass is 32.2. The maximum absolute atomic E-state index is 13.0. The number of carbonyl (C=O) groups is 1. The van der Waals surface area contributed by atoms with E-state index in [9.17, 15) is 9.59 Å². The highest BCUT2D eigenvalue weighted by molar-refractivity contribution is 7.98. The van der Waals surface area contributed by atoms with Gasteiger partial charge in [-0.2, -0.15) is 0 Å². The van der Waals surface area contributed by atoms with Crippen molar-refractivity contribution >= 4 is 23.4 Å². The Kier molecular flexibility index (Phi) is 4.87. The Hall–Kier alpha value is -3.13. The van der Waals surface area contributed by atoms with Crippen molar-refractivity contribution in [3.05, 3.63) is 63.9 Å². The summed E-state index contributed by atoms with van der Waals surface area (Å²) in [5.41, 5.74) is 3.31. The van der Waals surface area contributed by atoms with E-state index >= 15 is 0 Å². The lowest BCUT2D eigenvalue weighted by Gasteiger charge is -2.31. The number of fused-ring (bicyclic) bond motifs is 3. The highest BCUT2D eigenvalue weighted by Gasteiger charge is 2.44. The number of aromatic nitrogens is 3. The van der Waals surface area contributed by atoms with Gasteiger partial charge in [0.25, 0.3) is 6.17 Å². The van der Waals surface area contributed by atoms with Crippen LogP contribution in [0.3, 0.4) is 0 Å². The minimum atomic E-state index is -0.588. The van der Waals surface area contributed by atoms with Gasteiger partial charge >= 0.3 is 11.3 Å². The second kappa shape index (κ2) is 7.36. The number of benzene rings is 2. The number of thioether (sulfide) groups is 1. The first-order valence-corrected chi connectivity index (χ1v) is 10.3. The summed E-state index contributed by atoms with van der Waals surface area (Å²) in [6.07, 6.45) is 1.26. The molecule has 0 bridgehead atoms. The van der Waals surface area contributed by atoms with Crippen molar-refractivity contribution in [3.8, 4) is 17.0 Å². The molecule has 148 valence electrons.